The molecule has 2 aromatic rings. The third kappa shape index (κ3) is 10.5. The summed E-state index contributed by atoms with van der Waals surface area (Å²) in [6.07, 6.45) is 16.3. The smallest absolute Gasteiger partial charge is 0.354 e. The highest BCUT2D eigenvalue weighted by Gasteiger charge is 2.12. The second-order valence-electron chi connectivity index (χ2n) is 8.77. The molecular formula is C30H39NO2. The highest BCUT2D eigenvalue weighted by Crippen LogP contribution is 2.18. The molecule has 2 aromatic carbocycles. The standard InChI is InChI=1S/C30H39NO2/c1-3-5-7-9-11-13-25-15-17-27(18-16-25)23-28(24-31)30(32)33-29-21-19-26(20-22-29)14-12-10-8-6-4-2/h15-23H,3-14H2,1-2H3/b28-23+. The first-order chi connectivity index (χ1) is 16.2. The van der Waals surface area contributed by atoms with Crippen molar-refractivity contribution in [3.05, 3.63) is 70.8 Å². The van der Waals surface area contributed by atoms with E-state index in [0.717, 1.165) is 18.4 Å². The van der Waals surface area contributed by atoms with Crippen molar-refractivity contribution in [2.24, 2.45) is 0 Å². The summed E-state index contributed by atoms with van der Waals surface area (Å²) in [5.74, 6) is -0.154. The molecule has 3 nitrogen and oxygen atoms in total. The van der Waals surface area contributed by atoms with E-state index in [-0.39, 0.29) is 5.57 Å². The van der Waals surface area contributed by atoms with Gasteiger partial charge in [-0.05, 0) is 60.6 Å². The number of unbranched alkanes of at least 4 members (excludes halogenated alkanes) is 8. The lowest BCUT2D eigenvalue weighted by Gasteiger charge is -2.06. The second-order valence-corrected chi connectivity index (χ2v) is 8.77. The van der Waals surface area contributed by atoms with Crippen LogP contribution in [0.1, 0.15) is 94.7 Å². The Bertz CT molecular complexity index is 888. The van der Waals surface area contributed by atoms with Gasteiger partial charge >= 0.3 is 5.97 Å². The molecule has 0 spiro atoms. The fourth-order valence-electron chi connectivity index (χ4n) is 3.84. The van der Waals surface area contributed by atoms with Crippen LogP contribution in [0.3, 0.4) is 0 Å². The molecule has 0 saturated heterocycles. The van der Waals surface area contributed by atoms with Crippen molar-refractivity contribution in [1.82, 2.24) is 0 Å². The number of aryl methyl sites for hydroxylation is 2. The zero-order valence-electron chi connectivity index (χ0n) is 20.4. The molecule has 0 saturated carbocycles. The average Bonchev–Trinajstić information content (AvgIpc) is 2.84. The minimum atomic E-state index is -0.621. The minimum absolute atomic E-state index is 0.00214. The van der Waals surface area contributed by atoms with E-state index in [0.29, 0.717) is 5.75 Å². The number of carbonyl (C=O) groups excluding carboxylic acids is 1. The van der Waals surface area contributed by atoms with Crippen LogP contribution in [0.4, 0.5) is 0 Å². The molecule has 0 N–H and O–H groups in total. The predicted octanol–water partition coefficient (Wildman–Crippen LogP) is 8.22. The van der Waals surface area contributed by atoms with Crippen molar-refractivity contribution in [2.45, 2.75) is 90.9 Å². The van der Waals surface area contributed by atoms with Gasteiger partial charge in [-0.2, -0.15) is 5.26 Å². The zero-order valence-corrected chi connectivity index (χ0v) is 20.4. The Morgan fingerprint density at radius 2 is 1.24 bits per heavy atom. The van der Waals surface area contributed by atoms with Gasteiger partial charge < -0.3 is 4.74 Å². The van der Waals surface area contributed by atoms with Crippen molar-refractivity contribution in [1.29, 1.82) is 5.26 Å². The summed E-state index contributed by atoms with van der Waals surface area (Å²) in [7, 11) is 0. The number of hydrogen-bond acceptors (Lipinski definition) is 3. The lowest BCUT2D eigenvalue weighted by atomic mass is 10.0. The predicted molar refractivity (Wildman–Crippen MR) is 137 cm³/mol. The van der Waals surface area contributed by atoms with Crippen LogP contribution in [0.5, 0.6) is 5.75 Å². The molecule has 33 heavy (non-hydrogen) atoms. The third-order valence-electron chi connectivity index (χ3n) is 5.90. The summed E-state index contributed by atoms with van der Waals surface area (Å²) >= 11 is 0. The van der Waals surface area contributed by atoms with Crippen molar-refractivity contribution < 1.29 is 9.53 Å². The van der Waals surface area contributed by atoms with E-state index in [1.54, 1.807) is 6.08 Å². The molecule has 0 radical (unpaired) electrons. The topological polar surface area (TPSA) is 50.1 Å². The number of nitriles is 1. The van der Waals surface area contributed by atoms with Crippen LogP contribution in [0, 0.1) is 11.3 Å². The van der Waals surface area contributed by atoms with Crippen molar-refractivity contribution in [2.75, 3.05) is 0 Å². The van der Waals surface area contributed by atoms with E-state index >= 15 is 0 Å². The Hall–Kier alpha value is -2.86. The molecule has 0 unspecified atom stereocenters. The summed E-state index contributed by atoms with van der Waals surface area (Å²) in [6.45, 7) is 4.45. The van der Waals surface area contributed by atoms with Gasteiger partial charge in [0, 0.05) is 0 Å². The fraction of sp³-hybridized carbons (Fsp3) is 0.467. The van der Waals surface area contributed by atoms with E-state index < -0.39 is 5.97 Å². The Labute approximate surface area is 200 Å². The zero-order chi connectivity index (χ0) is 23.7. The van der Waals surface area contributed by atoms with Crippen LogP contribution in [0.25, 0.3) is 6.08 Å². The number of rotatable bonds is 15. The highest BCUT2D eigenvalue weighted by atomic mass is 16.5. The van der Waals surface area contributed by atoms with E-state index in [2.05, 4.69) is 26.0 Å². The maximum Gasteiger partial charge on any atom is 0.354 e. The number of hydrogen-bond donors (Lipinski definition) is 0. The van der Waals surface area contributed by atoms with Gasteiger partial charge in [0.2, 0.25) is 0 Å². The third-order valence-corrected chi connectivity index (χ3v) is 5.90. The van der Waals surface area contributed by atoms with Crippen LogP contribution in [0.15, 0.2) is 54.1 Å². The first-order valence-electron chi connectivity index (χ1n) is 12.7. The lowest BCUT2D eigenvalue weighted by Crippen LogP contribution is -2.10. The van der Waals surface area contributed by atoms with Crippen LogP contribution in [-0.4, -0.2) is 5.97 Å². The Morgan fingerprint density at radius 3 is 1.73 bits per heavy atom. The molecule has 0 aliphatic rings. The number of benzene rings is 2. The van der Waals surface area contributed by atoms with Crippen LogP contribution >= 0.6 is 0 Å². The first kappa shape index (κ1) is 26.4. The van der Waals surface area contributed by atoms with Gasteiger partial charge in [-0.3, -0.25) is 0 Å². The van der Waals surface area contributed by atoms with Crippen LogP contribution < -0.4 is 4.74 Å². The number of esters is 1. The van der Waals surface area contributed by atoms with Gasteiger partial charge in [0.05, 0.1) is 0 Å². The summed E-state index contributed by atoms with van der Waals surface area (Å²) < 4.78 is 5.43. The quantitative estimate of drug-likeness (QED) is 0.0912. The second kappa shape index (κ2) is 15.9. The van der Waals surface area contributed by atoms with E-state index in [1.165, 1.54) is 75.3 Å². The van der Waals surface area contributed by atoms with Crippen LogP contribution in [-0.2, 0) is 17.6 Å². The maximum absolute atomic E-state index is 12.5. The van der Waals surface area contributed by atoms with Gasteiger partial charge in [-0.25, -0.2) is 4.79 Å². The SMILES string of the molecule is CCCCCCCc1ccc(/C=C(\C#N)C(=O)Oc2ccc(CCCCCCC)cc2)cc1. The van der Waals surface area contributed by atoms with E-state index in [9.17, 15) is 10.1 Å². The lowest BCUT2D eigenvalue weighted by molar-refractivity contribution is -0.129. The molecule has 0 atom stereocenters. The van der Waals surface area contributed by atoms with E-state index in [4.69, 9.17) is 4.74 Å². The molecule has 2 rings (SSSR count). The number of nitrogens with zero attached hydrogens (tertiary/aromatic N) is 1. The fourth-order valence-corrected chi connectivity index (χ4v) is 3.84. The van der Waals surface area contributed by atoms with Crippen molar-refractivity contribution in [3.8, 4) is 11.8 Å². The molecule has 0 aromatic heterocycles. The van der Waals surface area contributed by atoms with Crippen molar-refractivity contribution >= 4 is 12.0 Å². The number of ether oxygens (including phenoxy) is 1. The monoisotopic (exact) mass is 445 g/mol. The molecule has 3 heteroatoms. The van der Waals surface area contributed by atoms with Gasteiger partial charge in [-0.15, -0.1) is 0 Å². The summed E-state index contributed by atoms with van der Waals surface area (Å²) in [4.78, 5) is 12.5. The molecule has 0 fully saturated rings. The van der Waals surface area contributed by atoms with Crippen molar-refractivity contribution in [3.63, 3.8) is 0 Å². The summed E-state index contributed by atoms with van der Waals surface area (Å²) in [5, 5.41) is 9.46. The highest BCUT2D eigenvalue weighted by molar-refractivity contribution is 5.99. The molecule has 0 bridgehead atoms. The Kier molecular flexibility index (Phi) is 12.7. The summed E-state index contributed by atoms with van der Waals surface area (Å²) in [5.41, 5.74) is 3.36. The van der Waals surface area contributed by atoms with E-state index in [1.807, 2.05) is 42.5 Å². The Morgan fingerprint density at radius 1 is 0.758 bits per heavy atom. The van der Waals surface area contributed by atoms with Gasteiger partial charge in [0.15, 0.2) is 0 Å². The molecule has 0 aliphatic carbocycles. The molecule has 0 amide bonds. The molecule has 0 heterocycles. The largest absolute Gasteiger partial charge is 0.422 e. The first-order valence-corrected chi connectivity index (χ1v) is 12.7. The maximum atomic E-state index is 12.5. The molecule has 176 valence electrons. The van der Waals surface area contributed by atoms with Gasteiger partial charge in [0.1, 0.15) is 17.4 Å². The normalized spacial score (nSPS) is 11.2. The van der Waals surface area contributed by atoms with Gasteiger partial charge in [0.25, 0.3) is 0 Å². The van der Waals surface area contributed by atoms with Crippen LogP contribution in [0.2, 0.25) is 0 Å². The minimum Gasteiger partial charge on any atom is -0.422 e. The molecular weight excluding hydrogens is 406 g/mol. The van der Waals surface area contributed by atoms with Gasteiger partial charge in [-0.1, -0.05) is 102 Å². The molecule has 0 aliphatic heterocycles. The Balaban J connectivity index is 1.85. The summed E-state index contributed by atoms with van der Waals surface area (Å²) in [6, 6.07) is 17.7. The number of carbonyl (C=O) groups is 1. The average molecular weight is 446 g/mol.